The van der Waals surface area contributed by atoms with Crippen molar-refractivity contribution in [3.8, 4) is 11.5 Å². The quantitative estimate of drug-likeness (QED) is 0.337. The van der Waals surface area contributed by atoms with Crippen LogP contribution in [-0.4, -0.2) is 44.5 Å². The fourth-order valence-corrected chi connectivity index (χ4v) is 5.23. The van der Waals surface area contributed by atoms with Gasteiger partial charge >= 0.3 is 5.97 Å². The Morgan fingerprint density at radius 2 is 2.12 bits per heavy atom. The Morgan fingerprint density at radius 1 is 1.32 bits per heavy atom. The third-order valence-corrected chi connectivity index (χ3v) is 7.42. The molecule has 0 saturated heterocycles. The fraction of sp³-hybridized carbons (Fsp3) is 0.556. The van der Waals surface area contributed by atoms with Crippen LogP contribution in [0.15, 0.2) is 42.5 Å². The molecule has 4 rings (SSSR count). The normalized spacial score (nSPS) is 21.1. The van der Waals surface area contributed by atoms with Gasteiger partial charge in [-0.25, -0.2) is 4.98 Å². The third kappa shape index (κ3) is 4.71. The molecule has 7 heteroatoms. The number of aliphatic hydroxyl groups excluding tert-OH is 1. The Balaban J connectivity index is 1.48. The summed E-state index contributed by atoms with van der Waals surface area (Å²) in [5.74, 6) is 0.684. The third-order valence-electron chi connectivity index (χ3n) is 7.42. The molecule has 0 saturated carbocycles. The predicted octanol–water partition coefficient (Wildman–Crippen LogP) is 4.47. The number of fused-ring (bicyclic) bond motifs is 3. The number of carbonyl (C=O) groups excluding carboxylic acids is 1. The van der Waals surface area contributed by atoms with Crippen LogP contribution in [0.2, 0.25) is 0 Å². The van der Waals surface area contributed by atoms with Gasteiger partial charge in [-0.3, -0.25) is 4.79 Å². The van der Waals surface area contributed by atoms with E-state index in [1.165, 1.54) is 0 Å². The molecule has 2 heterocycles. The lowest BCUT2D eigenvalue weighted by atomic mass is 9.66. The number of unbranched alkanes of at least 4 members (excludes halogenated alkanes) is 1. The second-order valence-electron chi connectivity index (χ2n) is 10.6. The first-order valence-corrected chi connectivity index (χ1v) is 12.1. The van der Waals surface area contributed by atoms with Crippen molar-refractivity contribution in [2.24, 2.45) is 5.92 Å². The molecule has 2 aromatic rings. The second kappa shape index (κ2) is 9.45. The van der Waals surface area contributed by atoms with Gasteiger partial charge in [-0.15, -0.1) is 0 Å². The van der Waals surface area contributed by atoms with Crippen molar-refractivity contribution in [2.45, 2.75) is 76.9 Å². The van der Waals surface area contributed by atoms with Crippen LogP contribution >= 0.6 is 0 Å². The summed E-state index contributed by atoms with van der Waals surface area (Å²) in [6.45, 7) is 8.97. The Morgan fingerprint density at radius 3 is 2.82 bits per heavy atom. The summed E-state index contributed by atoms with van der Waals surface area (Å²) in [5, 5.41) is 20.7. The molecular formula is C27H36N2O5. The minimum absolute atomic E-state index is 0.0277. The van der Waals surface area contributed by atoms with Gasteiger partial charge in [0, 0.05) is 36.3 Å². The van der Waals surface area contributed by atoms with Crippen LogP contribution in [0, 0.1) is 5.92 Å². The number of carbonyl (C=O) groups is 1. The Hall–Kier alpha value is -2.80. The molecule has 184 valence electrons. The van der Waals surface area contributed by atoms with E-state index in [2.05, 4.69) is 24.9 Å². The number of benzene rings is 1. The standard InChI is InChI=1S/C27H36N2O5/c1-26(2,25(32)33-12-6-5-10-29-11-9-28-17-29)19-14-22(31)24-20-13-18(16-30)7-8-21(20)27(3,4)34-23(24)15-19/h7,9,11,14-15,17,20-21,30-31H,5-6,8,10,12-13,16H2,1-4H3. The SMILES string of the molecule is CC(C)(C(=O)OCCCCn1ccnc1)c1cc(O)c2c(c1)OC(C)(C)C1CC=C(CO)CC21. The average Bonchev–Trinajstić information content (AvgIpc) is 3.31. The number of rotatable bonds is 8. The zero-order valence-electron chi connectivity index (χ0n) is 20.6. The van der Waals surface area contributed by atoms with Crippen molar-refractivity contribution in [1.29, 1.82) is 0 Å². The van der Waals surface area contributed by atoms with E-state index in [1.807, 2.05) is 30.7 Å². The number of esters is 1. The van der Waals surface area contributed by atoms with Gasteiger partial charge in [0.2, 0.25) is 0 Å². The van der Waals surface area contributed by atoms with E-state index in [9.17, 15) is 15.0 Å². The van der Waals surface area contributed by atoms with Crippen molar-refractivity contribution in [1.82, 2.24) is 9.55 Å². The first-order chi connectivity index (χ1) is 16.1. The largest absolute Gasteiger partial charge is 0.508 e. The molecular weight excluding hydrogens is 432 g/mol. The Kier molecular flexibility index (Phi) is 6.76. The molecule has 0 spiro atoms. The van der Waals surface area contributed by atoms with Gasteiger partial charge in [-0.2, -0.15) is 0 Å². The zero-order chi connectivity index (χ0) is 24.5. The topological polar surface area (TPSA) is 93.8 Å². The number of hydrogen-bond donors (Lipinski definition) is 2. The van der Waals surface area contributed by atoms with Crippen LogP contribution in [0.1, 0.15) is 70.4 Å². The fourth-order valence-electron chi connectivity index (χ4n) is 5.23. The van der Waals surface area contributed by atoms with E-state index in [1.54, 1.807) is 18.6 Å². The summed E-state index contributed by atoms with van der Waals surface area (Å²) < 4.78 is 14.0. The Bertz CT molecular complexity index is 1060. The molecule has 0 amide bonds. The second-order valence-corrected chi connectivity index (χ2v) is 10.6. The lowest BCUT2D eigenvalue weighted by Gasteiger charge is -2.47. The molecule has 2 aliphatic rings. The number of aryl methyl sites for hydroxylation is 1. The molecule has 0 radical (unpaired) electrons. The summed E-state index contributed by atoms with van der Waals surface area (Å²) in [5.41, 5.74) is 1.06. The molecule has 0 fully saturated rings. The van der Waals surface area contributed by atoms with Gasteiger partial charge in [0.1, 0.15) is 17.1 Å². The maximum atomic E-state index is 13.0. The number of allylic oxidation sites excluding steroid dienone is 1. The predicted molar refractivity (Wildman–Crippen MR) is 129 cm³/mol. The number of nitrogens with zero attached hydrogens (tertiary/aromatic N) is 2. The summed E-state index contributed by atoms with van der Waals surface area (Å²) in [4.78, 5) is 17.0. The van der Waals surface area contributed by atoms with Crippen LogP contribution in [0.5, 0.6) is 11.5 Å². The van der Waals surface area contributed by atoms with E-state index >= 15 is 0 Å². The molecule has 1 aliphatic heterocycles. The number of hydrogen-bond acceptors (Lipinski definition) is 6. The van der Waals surface area contributed by atoms with Gasteiger partial charge in [-0.05, 0) is 76.6 Å². The van der Waals surface area contributed by atoms with E-state index in [4.69, 9.17) is 9.47 Å². The van der Waals surface area contributed by atoms with Crippen LogP contribution in [0.3, 0.4) is 0 Å². The molecule has 1 aliphatic carbocycles. The smallest absolute Gasteiger partial charge is 0.315 e. The van der Waals surface area contributed by atoms with Crippen LogP contribution in [0.4, 0.5) is 0 Å². The average molecular weight is 469 g/mol. The van der Waals surface area contributed by atoms with Crippen LogP contribution < -0.4 is 4.74 Å². The first-order valence-electron chi connectivity index (χ1n) is 12.1. The number of phenolic OH excluding ortho intramolecular Hbond substituents is 1. The summed E-state index contributed by atoms with van der Waals surface area (Å²) in [6.07, 6.45) is 10.7. The lowest BCUT2D eigenvalue weighted by molar-refractivity contribution is -0.149. The number of aromatic nitrogens is 2. The Labute approximate surface area is 201 Å². The van der Waals surface area contributed by atoms with Crippen LogP contribution in [0.25, 0.3) is 0 Å². The summed E-state index contributed by atoms with van der Waals surface area (Å²) in [7, 11) is 0. The van der Waals surface area contributed by atoms with Gasteiger partial charge in [-0.1, -0.05) is 6.08 Å². The number of phenols is 1. The zero-order valence-corrected chi connectivity index (χ0v) is 20.6. The van der Waals surface area contributed by atoms with Gasteiger partial charge in [0.15, 0.2) is 0 Å². The maximum Gasteiger partial charge on any atom is 0.315 e. The highest BCUT2D eigenvalue weighted by atomic mass is 16.5. The van der Waals surface area contributed by atoms with Crippen molar-refractivity contribution in [3.63, 3.8) is 0 Å². The lowest BCUT2D eigenvalue weighted by Crippen LogP contribution is -2.45. The van der Waals surface area contributed by atoms with Gasteiger partial charge in [0.25, 0.3) is 0 Å². The van der Waals surface area contributed by atoms with E-state index < -0.39 is 11.0 Å². The van der Waals surface area contributed by atoms with E-state index in [-0.39, 0.29) is 30.2 Å². The van der Waals surface area contributed by atoms with Crippen molar-refractivity contribution >= 4 is 5.97 Å². The van der Waals surface area contributed by atoms with E-state index in [0.717, 1.165) is 36.9 Å². The number of imidazole rings is 1. The molecule has 1 aromatic carbocycles. The number of ether oxygens (including phenoxy) is 2. The minimum atomic E-state index is -0.941. The summed E-state index contributed by atoms with van der Waals surface area (Å²) >= 11 is 0. The number of aromatic hydroxyl groups is 1. The molecule has 1 aromatic heterocycles. The summed E-state index contributed by atoms with van der Waals surface area (Å²) in [6, 6.07) is 3.55. The maximum absolute atomic E-state index is 13.0. The number of aliphatic hydroxyl groups is 1. The van der Waals surface area contributed by atoms with E-state index in [0.29, 0.717) is 24.3 Å². The van der Waals surface area contributed by atoms with Gasteiger partial charge in [0.05, 0.1) is 25.0 Å². The molecule has 2 N–H and O–H groups in total. The highest BCUT2D eigenvalue weighted by Gasteiger charge is 2.46. The van der Waals surface area contributed by atoms with Crippen molar-refractivity contribution in [3.05, 3.63) is 53.6 Å². The molecule has 0 bridgehead atoms. The first kappa shape index (κ1) is 24.3. The molecule has 7 nitrogen and oxygen atoms in total. The molecule has 34 heavy (non-hydrogen) atoms. The molecule has 2 atom stereocenters. The van der Waals surface area contributed by atoms with Gasteiger partial charge < -0.3 is 24.3 Å². The monoisotopic (exact) mass is 468 g/mol. The van der Waals surface area contributed by atoms with Crippen molar-refractivity contribution < 1.29 is 24.5 Å². The highest BCUT2D eigenvalue weighted by molar-refractivity contribution is 5.82. The van der Waals surface area contributed by atoms with Crippen LogP contribution in [-0.2, 0) is 21.5 Å². The minimum Gasteiger partial charge on any atom is -0.508 e. The highest BCUT2D eigenvalue weighted by Crippen LogP contribution is 2.54. The molecule has 2 unspecified atom stereocenters. The van der Waals surface area contributed by atoms with Crippen molar-refractivity contribution in [2.75, 3.05) is 13.2 Å².